The number of nitrogens with zero attached hydrogens (tertiary/aromatic N) is 2. The zero-order chi connectivity index (χ0) is 14.1. The first-order valence-electron chi connectivity index (χ1n) is 6.82. The monoisotopic (exact) mass is 328 g/mol. The average Bonchev–Trinajstić information content (AvgIpc) is 2.73. The van der Waals surface area contributed by atoms with E-state index < -0.39 is 0 Å². The second-order valence-corrected chi connectivity index (χ2v) is 6.02. The highest BCUT2D eigenvalue weighted by Crippen LogP contribution is 2.20. The third-order valence-corrected chi connectivity index (χ3v) is 4.12. The molecule has 0 N–H and O–H groups in total. The van der Waals surface area contributed by atoms with Gasteiger partial charge in [-0.1, -0.05) is 35.9 Å². The molecule has 0 aliphatic carbocycles. The molecule has 0 unspecified atom stereocenters. The Hall–Kier alpha value is -1.61. The molecule has 0 saturated carbocycles. The van der Waals surface area contributed by atoms with Crippen molar-refractivity contribution in [3.05, 3.63) is 69.7 Å². The van der Waals surface area contributed by atoms with Crippen molar-refractivity contribution in [1.29, 1.82) is 0 Å². The van der Waals surface area contributed by atoms with Crippen LogP contribution in [-0.4, -0.2) is 9.38 Å². The van der Waals surface area contributed by atoms with Gasteiger partial charge in [0.1, 0.15) is 10.4 Å². The van der Waals surface area contributed by atoms with Crippen LogP contribution in [-0.2, 0) is 12.8 Å². The van der Waals surface area contributed by atoms with Crippen molar-refractivity contribution in [1.82, 2.24) is 9.38 Å². The molecule has 2 nitrogen and oxygen atoms in total. The molecule has 0 fully saturated rings. The van der Waals surface area contributed by atoms with Gasteiger partial charge in [-0.2, -0.15) is 0 Å². The number of rotatable bonds is 3. The Morgan fingerprint density at radius 3 is 2.70 bits per heavy atom. The number of pyridine rings is 1. The molecule has 0 spiro atoms. The number of hydrogen-bond acceptors (Lipinski definition) is 1. The fraction of sp³-hybridized carbons (Fsp3) is 0.235. The molecular weight excluding hydrogens is 312 g/mol. The Kier molecular flexibility index (Phi) is 3.62. The number of hydrogen-bond donors (Lipinski definition) is 0. The molecule has 2 aromatic heterocycles. The van der Waals surface area contributed by atoms with E-state index in [1.165, 1.54) is 16.7 Å². The Bertz CT molecular complexity index is 759. The number of aryl methyl sites for hydroxylation is 4. The molecule has 3 rings (SSSR count). The van der Waals surface area contributed by atoms with Gasteiger partial charge in [0.05, 0.1) is 5.52 Å². The molecule has 0 aliphatic rings. The normalized spacial score (nSPS) is 11.2. The van der Waals surface area contributed by atoms with Crippen molar-refractivity contribution in [2.75, 3.05) is 0 Å². The van der Waals surface area contributed by atoms with Crippen molar-refractivity contribution in [2.45, 2.75) is 26.7 Å². The molecule has 2 heterocycles. The second-order valence-electron chi connectivity index (χ2n) is 5.27. The predicted molar refractivity (Wildman–Crippen MR) is 86.2 cm³/mol. The second kappa shape index (κ2) is 5.41. The minimum absolute atomic E-state index is 0.928. The first-order chi connectivity index (χ1) is 9.63. The summed E-state index contributed by atoms with van der Waals surface area (Å²) in [6.07, 6.45) is 4.11. The Balaban J connectivity index is 1.89. The van der Waals surface area contributed by atoms with Crippen molar-refractivity contribution < 1.29 is 0 Å². The summed E-state index contributed by atoms with van der Waals surface area (Å²) in [6, 6.07) is 12.9. The van der Waals surface area contributed by atoms with Crippen LogP contribution >= 0.6 is 15.9 Å². The molecule has 0 amide bonds. The van der Waals surface area contributed by atoms with E-state index in [1.807, 2.05) is 0 Å². The van der Waals surface area contributed by atoms with E-state index >= 15 is 0 Å². The minimum atomic E-state index is 0.928. The van der Waals surface area contributed by atoms with Crippen LogP contribution < -0.4 is 0 Å². The quantitative estimate of drug-likeness (QED) is 0.692. The molecule has 3 aromatic rings. The summed E-state index contributed by atoms with van der Waals surface area (Å²) in [7, 11) is 0. The topological polar surface area (TPSA) is 17.3 Å². The lowest BCUT2D eigenvalue weighted by molar-refractivity contribution is 0.849. The maximum Gasteiger partial charge on any atom is 0.132 e. The summed E-state index contributed by atoms with van der Waals surface area (Å²) in [6.45, 7) is 4.24. The lowest BCUT2D eigenvalue weighted by Crippen LogP contribution is -1.98. The van der Waals surface area contributed by atoms with E-state index in [0.29, 0.717) is 0 Å². The Morgan fingerprint density at radius 1 is 1.05 bits per heavy atom. The standard InChI is InChI=1S/C17H17BrN2/c1-12-4-3-5-14(10-12)7-9-16-19-17(18)15-8-6-13(2)11-20(15)16/h3-6,8,10-11H,7,9H2,1-2H3. The van der Waals surface area contributed by atoms with Gasteiger partial charge in [-0.3, -0.25) is 0 Å². The van der Waals surface area contributed by atoms with Crippen molar-refractivity contribution >= 4 is 21.4 Å². The fourth-order valence-electron chi connectivity index (χ4n) is 2.51. The number of benzene rings is 1. The van der Waals surface area contributed by atoms with Gasteiger partial charge < -0.3 is 4.40 Å². The Labute approximate surface area is 127 Å². The van der Waals surface area contributed by atoms with Gasteiger partial charge in [0.2, 0.25) is 0 Å². The summed E-state index contributed by atoms with van der Waals surface area (Å²) in [4.78, 5) is 4.65. The molecule has 0 atom stereocenters. The van der Waals surface area contributed by atoms with Gasteiger partial charge in [-0.25, -0.2) is 4.98 Å². The highest BCUT2D eigenvalue weighted by atomic mass is 79.9. The largest absolute Gasteiger partial charge is 0.302 e. The maximum atomic E-state index is 4.65. The van der Waals surface area contributed by atoms with Crippen LogP contribution in [0.3, 0.4) is 0 Å². The van der Waals surface area contributed by atoms with Gasteiger partial charge in [-0.05, 0) is 53.4 Å². The smallest absolute Gasteiger partial charge is 0.132 e. The SMILES string of the molecule is Cc1cccc(CCc2nc(Br)c3ccc(C)cn23)c1. The summed E-state index contributed by atoms with van der Waals surface area (Å²) in [5.74, 6) is 1.11. The van der Waals surface area contributed by atoms with Crippen LogP contribution in [0.1, 0.15) is 22.5 Å². The summed E-state index contributed by atoms with van der Waals surface area (Å²) < 4.78 is 3.12. The average molecular weight is 329 g/mol. The van der Waals surface area contributed by atoms with Crippen LogP contribution in [0.2, 0.25) is 0 Å². The predicted octanol–water partition coefficient (Wildman–Crippen LogP) is 4.50. The first-order valence-corrected chi connectivity index (χ1v) is 7.61. The highest BCUT2D eigenvalue weighted by Gasteiger charge is 2.09. The van der Waals surface area contributed by atoms with E-state index in [9.17, 15) is 0 Å². The van der Waals surface area contributed by atoms with Crippen LogP contribution in [0.5, 0.6) is 0 Å². The third-order valence-electron chi connectivity index (χ3n) is 3.53. The number of fused-ring (bicyclic) bond motifs is 1. The summed E-state index contributed by atoms with van der Waals surface area (Å²) >= 11 is 3.55. The molecular formula is C17H17BrN2. The van der Waals surface area contributed by atoms with E-state index in [-0.39, 0.29) is 0 Å². The van der Waals surface area contributed by atoms with Gasteiger partial charge in [0.25, 0.3) is 0 Å². The number of halogens is 1. The van der Waals surface area contributed by atoms with E-state index in [2.05, 4.69) is 81.8 Å². The van der Waals surface area contributed by atoms with Crippen LogP contribution in [0.4, 0.5) is 0 Å². The van der Waals surface area contributed by atoms with Crippen LogP contribution in [0.15, 0.2) is 47.2 Å². The van der Waals surface area contributed by atoms with Gasteiger partial charge in [-0.15, -0.1) is 0 Å². The van der Waals surface area contributed by atoms with E-state index in [4.69, 9.17) is 0 Å². The summed E-state index contributed by atoms with van der Waals surface area (Å²) in [5, 5.41) is 0. The molecule has 1 aromatic carbocycles. The van der Waals surface area contributed by atoms with Crippen molar-refractivity contribution in [3.63, 3.8) is 0 Å². The maximum absolute atomic E-state index is 4.65. The zero-order valence-corrected chi connectivity index (χ0v) is 13.3. The minimum Gasteiger partial charge on any atom is -0.302 e. The van der Waals surface area contributed by atoms with Crippen LogP contribution in [0.25, 0.3) is 5.52 Å². The molecule has 0 saturated heterocycles. The van der Waals surface area contributed by atoms with Gasteiger partial charge in [0, 0.05) is 12.6 Å². The van der Waals surface area contributed by atoms with Crippen molar-refractivity contribution in [3.8, 4) is 0 Å². The van der Waals surface area contributed by atoms with Crippen LogP contribution in [0, 0.1) is 13.8 Å². The molecule has 102 valence electrons. The highest BCUT2D eigenvalue weighted by molar-refractivity contribution is 9.10. The lowest BCUT2D eigenvalue weighted by Gasteiger charge is -2.04. The Morgan fingerprint density at radius 2 is 1.90 bits per heavy atom. The van der Waals surface area contributed by atoms with E-state index in [0.717, 1.165) is 28.8 Å². The first kappa shape index (κ1) is 13.4. The lowest BCUT2D eigenvalue weighted by atomic mass is 10.1. The molecule has 3 heteroatoms. The summed E-state index contributed by atoms with van der Waals surface area (Å²) in [5.41, 5.74) is 5.06. The zero-order valence-electron chi connectivity index (χ0n) is 11.7. The van der Waals surface area contributed by atoms with Crippen molar-refractivity contribution in [2.24, 2.45) is 0 Å². The molecule has 20 heavy (non-hydrogen) atoms. The number of aromatic nitrogens is 2. The third kappa shape index (κ3) is 2.63. The number of imidazole rings is 1. The molecule has 0 bridgehead atoms. The van der Waals surface area contributed by atoms with Gasteiger partial charge >= 0.3 is 0 Å². The van der Waals surface area contributed by atoms with Gasteiger partial charge in [0.15, 0.2) is 0 Å². The molecule has 0 aliphatic heterocycles. The fourth-order valence-corrected chi connectivity index (χ4v) is 3.04. The van der Waals surface area contributed by atoms with E-state index in [1.54, 1.807) is 0 Å². The molecule has 0 radical (unpaired) electrons.